The average molecular weight is 306 g/mol. The molecular weight excluding hydrogens is 292 g/mol. The summed E-state index contributed by atoms with van der Waals surface area (Å²) in [5, 5.41) is 3.00. The van der Waals surface area contributed by atoms with Crippen molar-refractivity contribution in [1.82, 2.24) is 0 Å². The second-order valence-electron chi connectivity index (χ2n) is 4.30. The number of para-hydroxylation sites is 1. The summed E-state index contributed by atoms with van der Waals surface area (Å²) in [6.45, 7) is 0. The molecule has 0 saturated carbocycles. The highest BCUT2D eigenvalue weighted by atomic mass is 32.2. The molecule has 0 heterocycles. The van der Waals surface area contributed by atoms with Crippen LogP contribution in [-0.4, -0.2) is 19.8 Å². The molecule has 0 aliphatic heterocycles. The van der Waals surface area contributed by atoms with Gasteiger partial charge in [0.25, 0.3) is 0 Å². The molecule has 0 aliphatic carbocycles. The minimum absolute atomic E-state index is 0.134. The van der Waals surface area contributed by atoms with Crippen molar-refractivity contribution in [1.29, 1.82) is 0 Å². The van der Waals surface area contributed by atoms with Crippen molar-refractivity contribution in [3.8, 4) is 11.1 Å². The molecule has 0 saturated heterocycles. The van der Waals surface area contributed by atoms with E-state index in [9.17, 15) is 8.42 Å². The zero-order valence-electron chi connectivity index (χ0n) is 10.8. The zero-order valence-corrected chi connectivity index (χ0v) is 12.5. The Morgan fingerprint density at radius 1 is 1.05 bits per heavy atom. The van der Waals surface area contributed by atoms with E-state index < -0.39 is 9.84 Å². The van der Waals surface area contributed by atoms with E-state index >= 15 is 0 Å². The van der Waals surface area contributed by atoms with E-state index in [1.54, 1.807) is 30.3 Å². The van der Waals surface area contributed by atoms with Crippen molar-refractivity contribution < 1.29 is 8.42 Å². The van der Waals surface area contributed by atoms with E-state index in [0.717, 1.165) is 5.56 Å². The Morgan fingerprint density at radius 3 is 2.20 bits per heavy atom. The Labute approximate surface area is 123 Å². The van der Waals surface area contributed by atoms with Gasteiger partial charge in [-0.3, -0.25) is 0 Å². The van der Waals surface area contributed by atoms with Crippen LogP contribution in [0.2, 0.25) is 0 Å². The van der Waals surface area contributed by atoms with Crippen molar-refractivity contribution in [3.63, 3.8) is 0 Å². The number of nitrogens with one attached hydrogen (secondary N) is 1. The highest BCUT2D eigenvalue weighted by molar-refractivity contribution is 7.90. The van der Waals surface area contributed by atoms with E-state index in [1.807, 2.05) is 18.2 Å². The second-order valence-corrected chi connectivity index (χ2v) is 6.73. The summed E-state index contributed by atoms with van der Waals surface area (Å²) in [5.74, 6) is 0. The fraction of sp³-hybridized carbons (Fsp3) is 0.0714. The topological polar surface area (TPSA) is 72.2 Å². The predicted octanol–water partition coefficient (Wildman–Crippen LogP) is 2.41. The lowest BCUT2D eigenvalue weighted by atomic mass is 10.0. The van der Waals surface area contributed by atoms with Crippen LogP contribution in [0.4, 0.5) is 5.69 Å². The molecule has 0 radical (unpaired) electrons. The fourth-order valence-corrected chi connectivity index (χ4v) is 2.99. The molecule has 3 N–H and O–H groups in total. The molecule has 0 unspecified atom stereocenters. The van der Waals surface area contributed by atoms with Gasteiger partial charge >= 0.3 is 0 Å². The van der Waals surface area contributed by atoms with Gasteiger partial charge in [-0.25, -0.2) is 8.42 Å². The first-order valence-electron chi connectivity index (χ1n) is 5.84. The summed E-state index contributed by atoms with van der Waals surface area (Å²) in [7, 11) is -3.32. The van der Waals surface area contributed by atoms with Crippen LogP contribution in [0.5, 0.6) is 0 Å². The van der Waals surface area contributed by atoms with E-state index in [-0.39, 0.29) is 10.0 Å². The minimum Gasteiger partial charge on any atom is -0.376 e. The van der Waals surface area contributed by atoms with Crippen LogP contribution < -0.4 is 11.1 Å². The fourth-order valence-electron chi connectivity index (χ4n) is 1.97. The van der Waals surface area contributed by atoms with Crippen molar-refractivity contribution >= 4 is 32.9 Å². The van der Waals surface area contributed by atoms with E-state index in [2.05, 4.69) is 5.32 Å². The van der Waals surface area contributed by atoms with Gasteiger partial charge in [0.05, 0.1) is 4.90 Å². The average Bonchev–Trinajstić information content (AvgIpc) is 2.38. The van der Waals surface area contributed by atoms with Gasteiger partial charge in [0.15, 0.2) is 14.9 Å². The third-order valence-electron chi connectivity index (χ3n) is 2.76. The minimum atomic E-state index is -3.32. The van der Waals surface area contributed by atoms with Crippen LogP contribution in [0.25, 0.3) is 11.1 Å². The summed E-state index contributed by atoms with van der Waals surface area (Å²) in [4.78, 5) is 0.275. The van der Waals surface area contributed by atoms with E-state index in [0.29, 0.717) is 11.3 Å². The Morgan fingerprint density at radius 2 is 1.60 bits per heavy atom. The Balaban J connectivity index is 2.67. The first-order chi connectivity index (χ1) is 9.39. The molecule has 2 rings (SSSR count). The molecule has 0 aliphatic rings. The maximum atomic E-state index is 11.9. The van der Waals surface area contributed by atoms with Crippen molar-refractivity contribution in [2.45, 2.75) is 4.90 Å². The summed E-state index contributed by atoms with van der Waals surface area (Å²) >= 11 is 4.84. The normalized spacial score (nSPS) is 11.1. The largest absolute Gasteiger partial charge is 0.376 e. The van der Waals surface area contributed by atoms with Gasteiger partial charge in [0.1, 0.15) is 0 Å². The van der Waals surface area contributed by atoms with Crippen LogP contribution in [0.3, 0.4) is 0 Å². The Hall–Kier alpha value is -1.92. The lowest BCUT2D eigenvalue weighted by Crippen LogP contribution is -2.19. The third-order valence-corrected chi connectivity index (χ3v) is 4.02. The van der Waals surface area contributed by atoms with Crippen LogP contribution in [0, 0.1) is 0 Å². The maximum absolute atomic E-state index is 11.9. The van der Waals surface area contributed by atoms with Gasteiger partial charge in [-0.05, 0) is 24.4 Å². The molecule has 0 amide bonds. The Kier molecular flexibility index (Phi) is 4.06. The van der Waals surface area contributed by atoms with E-state index in [1.165, 1.54) is 6.26 Å². The summed E-state index contributed by atoms with van der Waals surface area (Å²) in [6.07, 6.45) is 1.19. The van der Waals surface area contributed by atoms with E-state index in [4.69, 9.17) is 18.0 Å². The SMILES string of the molecule is CS(=O)(=O)c1ccccc1-c1ccccc1NC(N)=S. The maximum Gasteiger partial charge on any atom is 0.176 e. The van der Waals surface area contributed by atoms with Gasteiger partial charge in [-0.2, -0.15) is 0 Å². The molecule has 0 bridgehead atoms. The molecule has 0 atom stereocenters. The van der Waals surface area contributed by atoms with Gasteiger partial charge < -0.3 is 11.1 Å². The van der Waals surface area contributed by atoms with Crippen molar-refractivity contribution in [2.75, 3.05) is 11.6 Å². The molecule has 0 aromatic heterocycles. The lowest BCUT2D eigenvalue weighted by Gasteiger charge is -2.13. The lowest BCUT2D eigenvalue weighted by molar-refractivity contribution is 0.602. The predicted molar refractivity (Wildman–Crippen MR) is 85.4 cm³/mol. The molecule has 104 valence electrons. The van der Waals surface area contributed by atoms with Crippen LogP contribution in [-0.2, 0) is 9.84 Å². The first kappa shape index (κ1) is 14.5. The molecule has 6 heteroatoms. The molecule has 4 nitrogen and oxygen atoms in total. The summed E-state index contributed by atoms with van der Waals surface area (Å²) in [5.41, 5.74) is 7.53. The highest BCUT2D eigenvalue weighted by Crippen LogP contribution is 2.32. The molecule has 2 aromatic rings. The number of hydrogen-bond acceptors (Lipinski definition) is 3. The first-order valence-corrected chi connectivity index (χ1v) is 8.14. The van der Waals surface area contributed by atoms with Gasteiger partial charge in [0.2, 0.25) is 0 Å². The van der Waals surface area contributed by atoms with Gasteiger partial charge in [-0.1, -0.05) is 36.4 Å². The summed E-state index contributed by atoms with van der Waals surface area (Å²) < 4.78 is 23.8. The number of anilines is 1. The number of hydrogen-bond donors (Lipinski definition) is 2. The van der Waals surface area contributed by atoms with Gasteiger partial charge in [-0.15, -0.1) is 0 Å². The third kappa shape index (κ3) is 3.15. The van der Waals surface area contributed by atoms with Gasteiger partial charge in [0, 0.05) is 23.1 Å². The zero-order chi connectivity index (χ0) is 14.8. The Bertz CT molecular complexity index is 755. The molecule has 0 fully saturated rings. The number of benzene rings is 2. The molecule has 0 spiro atoms. The molecule has 20 heavy (non-hydrogen) atoms. The molecule has 2 aromatic carbocycles. The number of rotatable bonds is 3. The van der Waals surface area contributed by atoms with Crippen LogP contribution in [0.15, 0.2) is 53.4 Å². The molecular formula is C14H14N2O2S2. The smallest absolute Gasteiger partial charge is 0.176 e. The highest BCUT2D eigenvalue weighted by Gasteiger charge is 2.16. The number of sulfone groups is 1. The van der Waals surface area contributed by atoms with Crippen molar-refractivity contribution in [3.05, 3.63) is 48.5 Å². The number of nitrogens with two attached hydrogens (primary N) is 1. The monoisotopic (exact) mass is 306 g/mol. The number of thiocarbonyl (C=S) groups is 1. The van der Waals surface area contributed by atoms with Crippen LogP contribution >= 0.6 is 12.2 Å². The van der Waals surface area contributed by atoms with Crippen LogP contribution in [0.1, 0.15) is 0 Å². The summed E-state index contributed by atoms with van der Waals surface area (Å²) in [6, 6.07) is 14.1. The second kappa shape index (κ2) is 5.60. The van der Waals surface area contributed by atoms with Crippen molar-refractivity contribution in [2.24, 2.45) is 5.73 Å². The quantitative estimate of drug-likeness (QED) is 0.852. The standard InChI is InChI=1S/C14H14N2O2S2/c1-20(17,18)13-9-5-3-7-11(13)10-6-2-4-8-12(10)16-14(15)19/h2-9H,1H3,(H3,15,16,19).